The topological polar surface area (TPSA) is 55.4 Å². The molecule has 0 aliphatic carbocycles. The van der Waals surface area contributed by atoms with Crippen LogP contribution < -0.4 is 5.32 Å². The van der Waals surface area contributed by atoms with E-state index >= 15 is 0 Å². The summed E-state index contributed by atoms with van der Waals surface area (Å²) >= 11 is 5.51. The Morgan fingerprint density at radius 3 is 2.42 bits per heavy atom. The number of hydrogen-bond donors (Lipinski definition) is 1. The highest BCUT2D eigenvalue weighted by atomic mass is 35.5. The summed E-state index contributed by atoms with van der Waals surface area (Å²) < 4.78 is 43.1. The first-order valence-electron chi connectivity index (χ1n) is 7.06. The lowest BCUT2D eigenvalue weighted by Crippen LogP contribution is -2.39. The number of alkyl halides is 3. The van der Waals surface area contributed by atoms with Crippen molar-refractivity contribution in [1.29, 1.82) is 0 Å². The molecule has 1 amide bonds. The van der Waals surface area contributed by atoms with Gasteiger partial charge in [0, 0.05) is 12.1 Å². The van der Waals surface area contributed by atoms with Gasteiger partial charge in [-0.1, -0.05) is 17.7 Å². The molecule has 0 heterocycles. The van der Waals surface area contributed by atoms with Crippen molar-refractivity contribution in [2.24, 2.45) is 0 Å². The third-order valence-electron chi connectivity index (χ3n) is 2.80. The van der Waals surface area contributed by atoms with E-state index in [2.05, 4.69) is 5.32 Å². The van der Waals surface area contributed by atoms with Crippen molar-refractivity contribution in [2.75, 3.05) is 0 Å². The molecule has 132 valence electrons. The largest absolute Gasteiger partial charge is 0.449 e. The predicted octanol–water partition coefficient (Wildman–Crippen LogP) is 3.83. The number of rotatable bonds is 5. The third kappa shape index (κ3) is 6.23. The summed E-state index contributed by atoms with van der Waals surface area (Å²) in [6, 6.07) is 3.13. The van der Waals surface area contributed by atoms with Gasteiger partial charge in [0.1, 0.15) is 0 Å². The van der Waals surface area contributed by atoms with E-state index < -0.39 is 34.7 Å². The molecule has 24 heavy (non-hydrogen) atoms. The van der Waals surface area contributed by atoms with E-state index in [1.807, 2.05) is 0 Å². The molecule has 0 aromatic heterocycles. The molecular weight excluding hydrogens is 347 g/mol. The van der Waals surface area contributed by atoms with Crippen LogP contribution in [0.3, 0.4) is 0 Å². The summed E-state index contributed by atoms with van der Waals surface area (Å²) in [5.74, 6) is -1.30. The lowest BCUT2D eigenvalue weighted by atomic mass is 10.1. The van der Waals surface area contributed by atoms with Crippen molar-refractivity contribution >= 4 is 29.6 Å². The highest BCUT2D eigenvalue weighted by molar-refractivity contribution is 6.31. The van der Waals surface area contributed by atoms with Gasteiger partial charge < -0.3 is 10.1 Å². The van der Waals surface area contributed by atoms with Crippen molar-refractivity contribution in [1.82, 2.24) is 5.32 Å². The zero-order chi connectivity index (χ0) is 18.5. The van der Waals surface area contributed by atoms with E-state index in [1.54, 1.807) is 13.8 Å². The standard InChI is InChI=1S/C16H17ClF3NO3/c1-9(2)21-15(23)10(3)24-14(22)7-5-11-4-6-13(17)12(8-11)16(18,19)20/h4-10H,1-3H3,(H,21,23)/b7-5+/t10-/m1/s1. The maximum absolute atomic E-state index is 12.7. The fraction of sp³-hybridized carbons (Fsp3) is 0.375. The average Bonchev–Trinajstić information content (AvgIpc) is 2.44. The third-order valence-corrected chi connectivity index (χ3v) is 3.13. The van der Waals surface area contributed by atoms with Gasteiger partial charge in [0.05, 0.1) is 10.6 Å². The first kappa shape index (κ1) is 20.0. The first-order chi connectivity index (χ1) is 11.0. The summed E-state index contributed by atoms with van der Waals surface area (Å²) in [5.41, 5.74) is -0.868. The van der Waals surface area contributed by atoms with Gasteiger partial charge in [-0.3, -0.25) is 4.79 Å². The van der Waals surface area contributed by atoms with Crippen molar-refractivity contribution < 1.29 is 27.5 Å². The Kier molecular flexibility index (Phi) is 6.83. The van der Waals surface area contributed by atoms with Crippen LogP contribution in [0.4, 0.5) is 13.2 Å². The van der Waals surface area contributed by atoms with Crippen LogP contribution in [-0.4, -0.2) is 24.0 Å². The molecule has 0 radical (unpaired) electrons. The second-order valence-electron chi connectivity index (χ2n) is 5.31. The van der Waals surface area contributed by atoms with Crippen molar-refractivity contribution in [3.05, 3.63) is 40.4 Å². The number of halogens is 4. The first-order valence-corrected chi connectivity index (χ1v) is 7.44. The lowest BCUT2D eigenvalue weighted by molar-refractivity contribution is -0.150. The van der Waals surface area contributed by atoms with Gasteiger partial charge in [-0.25, -0.2) is 4.79 Å². The number of carbonyl (C=O) groups excluding carboxylic acids is 2. The Morgan fingerprint density at radius 2 is 1.88 bits per heavy atom. The maximum Gasteiger partial charge on any atom is 0.417 e. The normalized spacial score (nSPS) is 13.2. The Labute approximate surface area is 142 Å². The van der Waals surface area contributed by atoms with Crippen LogP contribution in [0.2, 0.25) is 5.02 Å². The summed E-state index contributed by atoms with van der Waals surface area (Å²) in [6.45, 7) is 4.91. The summed E-state index contributed by atoms with van der Waals surface area (Å²) in [6.07, 6.45) is -3.51. The molecule has 1 N–H and O–H groups in total. The van der Waals surface area contributed by atoms with Crippen LogP contribution in [0.1, 0.15) is 31.9 Å². The number of ether oxygens (including phenoxy) is 1. The number of hydrogen-bond acceptors (Lipinski definition) is 3. The molecule has 1 aromatic rings. The molecule has 8 heteroatoms. The van der Waals surface area contributed by atoms with Gasteiger partial charge >= 0.3 is 12.1 Å². The molecule has 4 nitrogen and oxygen atoms in total. The molecule has 0 unspecified atom stereocenters. The Balaban J connectivity index is 2.76. The maximum atomic E-state index is 12.7. The average molecular weight is 364 g/mol. The molecule has 0 aliphatic rings. The summed E-state index contributed by atoms with van der Waals surface area (Å²) in [5, 5.41) is 2.14. The van der Waals surface area contributed by atoms with Crippen LogP contribution >= 0.6 is 11.6 Å². The minimum Gasteiger partial charge on any atom is -0.449 e. The minimum absolute atomic E-state index is 0.107. The quantitative estimate of drug-likeness (QED) is 0.639. The molecule has 0 aliphatic heterocycles. The SMILES string of the molecule is CC(C)NC(=O)[C@@H](C)OC(=O)/C=C/c1ccc(Cl)c(C(F)(F)F)c1. The van der Waals surface area contributed by atoms with E-state index in [9.17, 15) is 22.8 Å². The lowest BCUT2D eigenvalue weighted by Gasteiger charge is -2.14. The minimum atomic E-state index is -4.59. The van der Waals surface area contributed by atoms with E-state index in [1.165, 1.54) is 13.0 Å². The molecule has 0 saturated heterocycles. The Morgan fingerprint density at radius 1 is 1.25 bits per heavy atom. The van der Waals surface area contributed by atoms with Crippen molar-refractivity contribution in [3.63, 3.8) is 0 Å². The number of esters is 1. The fourth-order valence-electron chi connectivity index (χ4n) is 1.70. The van der Waals surface area contributed by atoms with Crippen molar-refractivity contribution in [3.8, 4) is 0 Å². The van der Waals surface area contributed by atoms with E-state index in [4.69, 9.17) is 16.3 Å². The molecule has 0 spiro atoms. The van der Waals surface area contributed by atoms with E-state index in [0.717, 1.165) is 24.3 Å². The van der Waals surface area contributed by atoms with Gasteiger partial charge in [0.25, 0.3) is 5.91 Å². The second kappa shape index (κ2) is 8.19. The molecular formula is C16H17ClF3NO3. The van der Waals surface area contributed by atoms with Gasteiger partial charge in [0.2, 0.25) is 0 Å². The zero-order valence-corrected chi connectivity index (χ0v) is 14.0. The molecule has 1 rings (SSSR count). The predicted molar refractivity (Wildman–Crippen MR) is 84.3 cm³/mol. The highest BCUT2D eigenvalue weighted by Gasteiger charge is 2.33. The zero-order valence-electron chi connectivity index (χ0n) is 13.3. The van der Waals surface area contributed by atoms with Crippen LogP contribution in [0.15, 0.2) is 24.3 Å². The molecule has 0 saturated carbocycles. The molecule has 0 bridgehead atoms. The van der Waals surface area contributed by atoms with Crippen LogP contribution in [0, 0.1) is 0 Å². The highest BCUT2D eigenvalue weighted by Crippen LogP contribution is 2.35. The smallest absolute Gasteiger partial charge is 0.417 e. The fourth-order valence-corrected chi connectivity index (χ4v) is 1.92. The molecule has 1 atom stereocenters. The van der Waals surface area contributed by atoms with Gasteiger partial charge in [-0.15, -0.1) is 0 Å². The van der Waals surface area contributed by atoms with E-state index in [-0.39, 0.29) is 11.6 Å². The van der Waals surface area contributed by atoms with Crippen LogP contribution in [-0.2, 0) is 20.5 Å². The molecule has 0 fully saturated rings. The number of benzene rings is 1. The number of carbonyl (C=O) groups is 2. The van der Waals surface area contributed by atoms with Crippen LogP contribution in [0.25, 0.3) is 6.08 Å². The van der Waals surface area contributed by atoms with Gasteiger partial charge in [-0.05, 0) is 44.5 Å². The molecule has 1 aromatic carbocycles. The van der Waals surface area contributed by atoms with E-state index in [0.29, 0.717) is 0 Å². The Bertz CT molecular complexity index is 642. The Hall–Kier alpha value is -2.02. The van der Waals surface area contributed by atoms with Gasteiger partial charge in [0.15, 0.2) is 6.10 Å². The van der Waals surface area contributed by atoms with Crippen LogP contribution in [0.5, 0.6) is 0 Å². The van der Waals surface area contributed by atoms with Gasteiger partial charge in [-0.2, -0.15) is 13.2 Å². The number of amides is 1. The summed E-state index contributed by atoms with van der Waals surface area (Å²) in [4.78, 5) is 23.2. The summed E-state index contributed by atoms with van der Waals surface area (Å²) in [7, 11) is 0. The number of nitrogens with one attached hydrogen (secondary N) is 1. The monoisotopic (exact) mass is 363 g/mol. The van der Waals surface area contributed by atoms with Crippen molar-refractivity contribution in [2.45, 2.75) is 39.1 Å². The second-order valence-corrected chi connectivity index (χ2v) is 5.72.